The van der Waals surface area contributed by atoms with Gasteiger partial charge in [-0.25, -0.2) is 0 Å². The van der Waals surface area contributed by atoms with Crippen molar-refractivity contribution >= 4 is 29.9 Å². The number of rotatable bonds is 3. The zero-order valence-corrected chi connectivity index (χ0v) is 15.0. The molecule has 0 aromatic heterocycles. The maximum atomic E-state index is 5.82. The van der Waals surface area contributed by atoms with Crippen molar-refractivity contribution < 1.29 is 4.74 Å². The quantitative estimate of drug-likeness (QED) is 0.448. The van der Waals surface area contributed by atoms with E-state index in [2.05, 4.69) is 50.2 Å². The third-order valence-corrected chi connectivity index (χ3v) is 4.13. The van der Waals surface area contributed by atoms with Gasteiger partial charge in [-0.3, -0.25) is 4.99 Å². The van der Waals surface area contributed by atoms with Gasteiger partial charge in [0.05, 0.1) is 6.10 Å². The van der Waals surface area contributed by atoms with Crippen LogP contribution in [0.3, 0.4) is 0 Å². The number of hydrogen-bond donors (Lipinski definition) is 2. The van der Waals surface area contributed by atoms with Crippen LogP contribution in [-0.4, -0.2) is 37.3 Å². The lowest BCUT2D eigenvalue weighted by Gasteiger charge is -2.55. The van der Waals surface area contributed by atoms with Crippen molar-refractivity contribution in [2.24, 2.45) is 16.3 Å². The first-order chi connectivity index (χ1) is 8.46. The summed E-state index contributed by atoms with van der Waals surface area (Å²) >= 11 is 0. The maximum Gasteiger partial charge on any atom is 0.191 e. The van der Waals surface area contributed by atoms with E-state index in [0.717, 1.165) is 19.1 Å². The van der Waals surface area contributed by atoms with Crippen LogP contribution in [0.15, 0.2) is 4.99 Å². The molecule has 2 rings (SSSR count). The van der Waals surface area contributed by atoms with Crippen LogP contribution in [0.4, 0.5) is 0 Å². The average Bonchev–Trinajstić information content (AvgIpc) is 2.71. The molecular weight excluding hydrogens is 353 g/mol. The third kappa shape index (κ3) is 3.35. The van der Waals surface area contributed by atoms with Gasteiger partial charge in [-0.15, -0.1) is 24.0 Å². The predicted molar refractivity (Wildman–Crippen MR) is 90.2 cm³/mol. The number of nitrogens with one attached hydrogen (secondary N) is 2. The summed E-state index contributed by atoms with van der Waals surface area (Å²) in [6.07, 6.45) is 1.60. The first-order valence-corrected chi connectivity index (χ1v) is 7.16. The smallest absolute Gasteiger partial charge is 0.191 e. The molecular formula is C14H28IN3O. The molecule has 2 fully saturated rings. The Kier molecular flexibility index (Phi) is 5.92. The summed E-state index contributed by atoms with van der Waals surface area (Å²) in [5.41, 5.74) is 0.203. The molecule has 0 radical (unpaired) electrons. The van der Waals surface area contributed by atoms with E-state index in [-0.39, 0.29) is 29.4 Å². The molecule has 1 aliphatic heterocycles. The molecule has 1 saturated carbocycles. The van der Waals surface area contributed by atoms with Crippen molar-refractivity contribution in [1.29, 1.82) is 0 Å². The normalized spacial score (nSPS) is 32.3. The number of guanidine groups is 1. The standard InChI is InChI=1S/C14H27N3O.HI/c1-6-15-13(16-9(2)3)17-11-10-7-8-18-12(10)14(11,4)5;/h9-12H,6-8H2,1-5H3,(H2,15,16,17);1H. The van der Waals surface area contributed by atoms with Crippen molar-refractivity contribution in [2.75, 3.05) is 13.2 Å². The predicted octanol–water partition coefficient (Wildman–Crippen LogP) is 2.38. The molecule has 19 heavy (non-hydrogen) atoms. The van der Waals surface area contributed by atoms with E-state index in [1.165, 1.54) is 6.42 Å². The van der Waals surface area contributed by atoms with Crippen LogP contribution >= 0.6 is 24.0 Å². The second kappa shape index (κ2) is 6.61. The van der Waals surface area contributed by atoms with Gasteiger partial charge in [-0.2, -0.15) is 0 Å². The van der Waals surface area contributed by atoms with Crippen LogP contribution in [0.1, 0.15) is 41.0 Å². The van der Waals surface area contributed by atoms with Crippen LogP contribution in [0, 0.1) is 11.3 Å². The van der Waals surface area contributed by atoms with Crippen LogP contribution in [0.25, 0.3) is 0 Å². The van der Waals surface area contributed by atoms with Gasteiger partial charge in [0.2, 0.25) is 0 Å². The van der Waals surface area contributed by atoms with Gasteiger partial charge in [-0.1, -0.05) is 13.8 Å². The highest BCUT2D eigenvalue weighted by Crippen LogP contribution is 2.52. The molecule has 1 heterocycles. The maximum absolute atomic E-state index is 5.82. The number of aliphatic imine (C=N–C) groups is 1. The highest BCUT2D eigenvalue weighted by molar-refractivity contribution is 14.0. The molecule has 0 amide bonds. The lowest BCUT2D eigenvalue weighted by Crippen LogP contribution is -2.68. The van der Waals surface area contributed by atoms with Crippen LogP contribution in [0.5, 0.6) is 0 Å². The van der Waals surface area contributed by atoms with Crippen molar-refractivity contribution in [2.45, 2.75) is 59.2 Å². The zero-order chi connectivity index (χ0) is 13.3. The van der Waals surface area contributed by atoms with Crippen molar-refractivity contribution in [3.63, 3.8) is 0 Å². The van der Waals surface area contributed by atoms with Gasteiger partial charge in [0, 0.05) is 36.6 Å². The third-order valence-electron chi connectivity index (χ3n) is 4.13. The number of ether oxygens (including phenoxy) is 1. The molecule has 4 nitrogen and oxygen atoms in total. The minimum Gasteiger partial charge on any atom is -0.377 e. The van der Waals surface area contributed by atoms with E-state index in [9.17, 15) is 0 Å². The molecule has 112 valence electrons. The van der Waals surface area contributed by atoms with Crippen molar-refractivity contribution in [1.82, 2.24) is 10.6 Å². The highest BCUT2D eigenvalue weighted by Gasteiger charge is 2.59. The van der Waals surface area contributed by atoms with Crippen molar-refractivity contribution in [3.8, 4) is 0 Å². The van der Waals surface area contributed by atoms with E-state index >= 15 is 0 Å². The fourth-order valence-electron chi connectivity index (χ4n) is 3.33. The number of fused-ring (bicyclic) bond motifs is 1. The fraction of sp³-hybridized carbons (Fsp3) is 0.929. The van der Waals surface area contributed by atoms with E-state index in [1.807, 2.05) is 0 Å². The molecule has 1 aliphatic carbocycles. The SMILES string of the molecule is CCN=C(NC(C)C)NC1C2CCOC2C1(C)C.I. The largest absolute Gasteiger partial charge is 0.377 e. The summed E-state index contributed by atoms with van der Waals surface area (Å²) in [6, 6.07) is 0.878. The van der Waals surface area contributed by atoms with Gasteiger partial charge in [0.15, 0.2) is 5.96 Å². The summed E-state index contributed by atoms with van der Waals surface area (Å²) in [5.74, 6) is 1.59. The lowest BCUT2D eigenvalue weighted by molar-refractivity contribution is -0.106. The van der Waals surface area contributed by atoms with E-state index in [1.54, 1.807) is 0 Å². The van der Waals surface area contributed by atoms with Gasteiger partial charge < -0.3 is 15.4 Å². The zero-order valence-electron chi connectivity index (χ0n) is 12.7. The molecule has 3 unspecified atom stereocenters. The number of nitrogens with zero attached hydrogens (tertiary/aromatic N) is 1. The van der Waals surface area contributed by atoms with Gasteiger partial charge >= 0.3 is 0 Å². The first kappa shape index (κ1) is 17.0. The Balaban J connectivity index is 0.00000180. The second-order valence-corrected chi connectivity index (χ2v) is 6.31. The highest BCUT2D eigenvalue weighted by atomic mass is 127. The van der Waals surface area contributed by atoms with Crippen molar-refractivity contribution in [3.05, 3.63) is 0 Å². The topological polar surface area (TPSA) is 45.7 Å². The van der Waals surface area contributed by atoms with E-state index in [0.29, 0.717) is 24.1 Å². The monoisotopic (exact) mass is 381 g/mol. The molecule has 0 spiro atoms. The summed E-state index contributed by atoms with van der Waals surface area (Å²) in [7, 11) is 0. The minimum atomic E-state index is 0. The molecule has 2 N–H and O–H groups in total. The van der Waals surface area contributed by atoms with E-state index < -0.39 is 0 Å². The molecule has 5 heteroatoms. The molecule has 3 atom stereocenters. The Morgan fingerprint density at radius 3 is 2.68 bits per heavy atom. The molecule has 2 aliphatic rings. The fourth-order valence-corrected chi connectivity index (χ4v) is 3.33. The molecule has 0 bridgehead atoms. The summed E-state index contributed by atoms with van der Waals surface area (Å²) < 4.78 is 5.82. The Labute approximate surface area is 134 Å². The molecule has 0 aromatic carbocycles. The summed E-state index contributed by atoms with van der Waals surface area (Å²) in [4.78, 5) is 4.52. The molecule has 0 aromatic rings. The minimum absolute atomic E-state index is 0. The molecule has 1 saturated heterocycles. The average molecular weight is 381 g/mol. The Morgan fingerprint density at radius 1 is 1.42 bits per heavy atom. The van der Waals surface area contributed by atoms with Crippen LogP contribution in [0.2, 0.25) is 0 Å². The number of halogens is 1. The van der Waals surface area contributed by atoms with Gasteiger partial charge in [0.1, 0.15) is 0 Å². The Bertz CT molecular complexity index is 331. The number of hydrogen-bond acceptors (Lipinski definition) is 2. The Hall–Kier alpha value is -0.0400. The summed E-state index contributed by atoms with van der Waals surface area (Å²) in [6.45, 7) is 12.6. The van der Waals surface area contributed by atoms with Gasteiger partial charge in [-0.05, 0) is 27.2 Å². The van der Waals surface area contributed by atoms with Crippen LogP contribution < -0.4 is 10.6 Å². The van der Waals surface area contributed by atoms with Gasteiger partial charge in [0.25, 0.3) is 0 Å². The lowest BCUT2D eigenvalue weighted by atomic mass is 9.57. The summed E-state index contributed by atoms with van der Waals surface area (Å²) in [5, 5.41) is 7.00. The second-order valence-electron chi connectivity index (χ2n) is 6.31. The van der Waals surface area contributed by atoms with Crippen LogP contribution in [-0.2, 0) is 4.74 Å². The Morgan fingerprint density at radius 2 is 2.11 bits per heavy atom. The first-order valence-electron chi connectivity index (χ1n) is 7.16. The van der Waals surface area contributed by atoms with E-state index in [4.69, 9.17) is 4.74 Å².